The molecule has 3 nitrogen and oxygen atoms in total. The van der Waals surface area contributed by atoms with Crippen LogP contribution in [0.5, 0.6) is 0 Å². The molecule has 1 aromatic carbocycles. The van der Waals surface area contributed by atoms with Crippen molar-refractivity contribution in [3.63, 3.8) is 0 Å². The van der Waals surface area contributed by atoms with Crippen molar-refractivity contribution in [2.75, 3.05) is 18.4 Å². The van der Waals surface area contributed by atoms with Gasteiger partial charge in [-0.15, -0.1) is 0 Å². The van der Waals surface area contributed by atoms with E-state index in [1.54, 1.807) is 23.5 Å². The molecule has 18 heavy (non-hydrogen) atoms. The predicted molar refractivity (Wildman–Crippen MR) is 63.7 cm³/mol. The lowest BCUT2D eigenvalue weighted by Crippen LogP contribution is -2.37. The van der Waals surface area contributed by atoms with Crippen LogP contribution >= 0.6 is 11.6 Å². The van der Waals surface area contributed by atoms with Gasteiger partial charge in [-0.2, -0.15) is 13.2 Å². The Morgan fingerprint density at radius 1 is 1.39 bits per heavy atom. The SMILES string of the molecule is Cc1ccc(Cl)c(NCC(=O)NCC(F)(F)F)c1. The number of halogens is 4. The molecule has 0 spiro atoms. The first-order valence-electron chi connectivity index (χ1n) is 5.11. The standard InChI is InChI=1S/C11H12ClF3N2O/c1-7-2-3-8(12)9(4-7)16-5-10(18)17-6-11(13,14)15/h2-4,16H,5-6H2,1H3,(H,17,18). The first kappa shape index (κ1) is 14.6. The number of hydrogen-bond acceptors (Lipinski definition) is 2. The summed E-state index contributed by atoms with van der Waals surface area (Å²) in [5.41, 5.74) is 1.44. The highest BCUT2D eigenvalue weighted by atomic mass is 35.5. The topological polar surface area (TPSA) is 41.1 Å². The molecule has 0 unspecified atom stereocenters. The number of amides is 1. The van der Waals surface area contributed by atoms with Gasteiger partial charge in [0, 0.05) is 0 Å². The van der Waals surface area contributed by atoms with Gasteiger partial charge in [-0.05, 0) is 24.6 Å². The normalized spacial score (nSPS) is 11.2. The van der Waals surface area contributed by atoms with Crippen molar-refractivity contribution in [3.8, 4) is 0 Å². The van der Waals surface area contributed by atoms with Crippen LogP contribution in [0.3, 0.4) is 0 Å². The summed E-state index contributed by atoms with van der Waals surface area (Å²) < 4.78 is 35.5. The molecule has 0 saturated heterocycles. The van der Waals surface area contributed by atoms with Crippen LogP contribution in [0.15, 0.2) is 18.2 Å². The average Bonchev–Trinajstić information content (AvgIpc) is 2.26. The van der Waals surface area contributed by atoms with E-state index in [0.717, 1.165) is 5.56 Å². The minimum atomic E-state index is -4.41. The van der Waals surface area contributed by atoms with E-state index in [-0.39, 0.29) is 6.54 Å². The highest BCUT2D eigenvalue weighted by molar-refractivity contribution is 6.33. The maximum absolute atomic E-state index is 11.8. The highest BCUT2D eigenvalue weighted by Gasteiger charge is 2.27. The van der Waals surface area contributed by atoms with Crippen LogP contribution in [0.1, 0.15) is 5.56 Å². The Kier molecular flexibility index (Phi) is 4.84. The summed E-state index contributed by atoms with van der Waals surface area (Å²) >= 11 is 5.86. The Balaban J connectivity index is 2.45. The third kappa shape index (κ3) is 5.27. The first-order valence-corrected chi connectivity index (χ1v) is 5.49. The number of nitrogens with one attached hydrogen (secondary N) is 2. The van der Waals surface area contributed by atoms with E-state index in [1.165, 1.54) is 0 Å². The quantitative estimate of drug-likeness (QED) is 0.890. The molecule has 0 bridgehead atoms. The average molecular weight is 281 g/mol. The number of carbonyl (C=O) groups excluding carboxylic acids is 1. The van der Waals surface area contributed by atoms with Gasteiger partial charge in [0.1, 0.15) is 6.54 Å². The predicted octanol–water partition coefficient (Wildman–Crippen LogP) is 2.74. The molecule has 2 N–H and O–H groups in total. The minimum absolute atomic E-state index is 0.265. The van der Waals surface area contributed by atoms with Gasteiger partial charge in [-0.1, -0.05) is 17.7 Å². The zero-order chi connectivity index (χ0) is 13.8. The van der Waals surface area contributed by atoms with Crippen molar-refractivity contribution < 1.29 is 18.0 Å². The van der Waals surface area contributed by atoms with Gasteiger partial charge in [-0.25, -0.2) is 0 Å². The molecule has 1 amide bonds. The lowest BCUT2D eigenvalue weighted by atomic mass is 10.2. The molecule has 1 rings (SSSR count). The van der Waals surface area contributed by atoms with Gasteiger partial charge in [0.15, 0.2) is 0 Å². The van der Waals surface area contributed by atoms with E-state index < -0.39 is 18.6 Å². The molecule has 0 radical (unpaired) electrons. The number of rotatable bonds is 4. The van der Waals surface area contributed by atoms with Gasteiger partial charge in [0.05, 0.1) is 17.3 Å². The summed E-state index contributed by atoms with van der Waals surface area (Å²) in [6, 6.07) is 5.14. The molecule has 0 saturated carbocycles. The molecular weight excluding hydrogens is 269 g/mol. The summed E-state index contributed by atoms with van der Waals surface area (Å²) in [7, 11) is 0. The third-order valence-electron chi connectivity index (χ3n) is 2.05. The van der Waals surface area contributed by atoms with Gasteiger partial charge in [0.25, 0.3) is 0 Å². The van der Waals surface area contributed by atoms with Crippen LogP contribution in [-0.4, -0.2) is 25.2 Å². The van der Waals surface area contributed by atoms with E-state index in [2.05, 4.69) is 5.32 Å². The Morgan fingerprint density at radius 2 is 2.06 bits per heavy atom. The zero-order valence-electron chi connectivity index (χ0n) is 9.57. The smallest absolute Gasteiger partial charge is 0.375 e. The Hall–Kier alpha value is -1.43. The molecule has 100 valence electrons. The fourth-order valence-electron chi connectivity index (χ4n) is 1.21. The van der Waals surface area contributed by atoms with Crippen molar-refractivity contribution in [2.24, 2.45) is 0 Å². The summed E-state index contributed by atoms with van der Waals surface area (Å²) in [6.45, 7) is 0.236. The number of benzene rings is 1. The number of anilines is 1. The zero-order valence-corrected chi connectivity index (χ0v) is 10.3. The van der Waals surface area contributed by atoms with Crippen LogP contribution < -0.4 is 10.6 Å². The van der Waals surface area contributed by atoms with Crippen molar-refractivity contribution in [1.29, 1.82) is 0 Å². The molecule has 0 aliphatic heterocycles. The molecule has 1 aromatic rings. The number of aryl methyl sites for hydroxylation is 1. The second-order valence-electron chi connectivity index (χ2n) is 3.73. The molecular formula is C11H12ClF3N2O. The molecule has 0 aliphatic rings. The number of alkyl halides is 3. The number of hydrogen-bond donors (Lipinski definition) is 2. The summed E-state index contributed by atoms with van der Waals surface area (Å²) in [5, 5.41) is 4.84. The molecule has 0 fully saturated rings. The van der Waals surface area contributed by atoms with Gasteiger partial charge >= 0.3 is 6.18 Å². The molecule has 0 heterocycles. The van der Waals surface area contributed by atoms with Crippen LogP contribution in [-0.2, 0) is 4.79 Å². The third-order valence-corrected chi connectivity index (χ3v) is 2.38. The lowest BCUT2D eigenvalue weighted by Gasteiger charge is -2.11. The Bertz CT molecular complexity index is 435. The fourth-order valence-corrected chi connectivity index (χ4v) is 1.40. The van der Waals surface area contributed by atoms with E-state index >= 15 is 0 Å². The maximum Gasteiger partial charge on any atom is 0.405 e. The second-order valence-corrected chi connectivity index (χ2v) is 4.14. The van der Waals surface area contributed by atoms with E-state index in [9.17, 15) is 18.0 Å². The molecule has 0 aromatic heterocycles. The Labute approximate surface area is 107 Å². The summed E-state index contributed by atoms with van der Waals surface area (Å²) in [5.74, 6) is -0.745. The Morgan fingerprint density at radius 3 is 2.67 bits per heavy atom. The fraction of sp³-hybridized carbons (Fsp3) is 0.364. The summed E-state index contributed by atoms with van der Waals surface area (Å²) in [6.07, 6.45) is -4.41. The largest absolute Gasteiger partial charge is 0.405 e. The van der Waals surface area contributed by atoms with Gasteiger partial charge < -0.3 is 10.6 Å². The molecule has 0 atom stereocenters. The minimum Gasteiger partial charge on any atom is -0.375 e. The maximum atomic E-state index is 11.8. The lowest BCUT2D eigenvalue weighted by molar-refractivity contribution is -0.137. The van der Waals surface area contributed by atoms with Crippen LogP contribution in [0.2, 0.25) is 5.02 Å². The second kappa shape index (κ2) is 5.95. The molecule has 0 aliphatic carbocycles. The van der Waals surface area contributed by atoms with Crippen LogP contribution in [0.4, 0.5) is 18.9 Å². The first-order chi connectivity index (χ1) is 8.28. The van der Waals surface area contributed by atoms with Crippen molar-refractivity contribution in [1.82, 2.24) is 5.32 Å². The monoisotopic (exact) mass is 280 g/mol. The number of carbonyl (C=O) groups is 1. The summed E-state index contributed by atoms with van der Waals surface area (Å²) in [4.78, 5) is 11.1. The van der Waals surface area contributed by atoms with Crippen LogP contribution in [0.25, 0.3) is 0 Å². The van der Waals surface area contributed by atoms with E-state index in [1.807, 2.05) is 6.92 Å². The van der Waals surface area contributed by atoms with E-state index in [4.69, 9.17) is 11.6 Å². The van der Waals surface area contributed by atoms with Gasteiger partial charge in [-0.3, -0.25) is 4.79 Å². The van der Waals surface area contributed by atoms with Crippen molar-refractivity contribution in [3.05, 3.63) is 28.8 Å². The van der Waals surface area contributed by atoms with Crippen LogP contribution in [0, 0.1) is 6.92 Å². The van der Waals surface area contributed by atoms with Crippen molar-refractivity contribution >= 4 is 23.2 Å². The van der Waals surface area contributed by atoms with Crippen molar-refractivity contribution in [2.45, 2.75) is 13.1 Å². The van der Waals surface area contributed by atoms with Gasteiger partial charge in [0.2, 0.25) is 5.91 Å². The molecule has 7 heteroatoms. The highest BCUT2D eigenvalue weighted by Crippen LogP contribution is 2.22. The van der Waals surface area contributed by atoms with E-state index in [0.29, 0.717) is 10.7 Å².